The van der Waals surface area contributed by atoms with E-state index in [0.717, 1.165) is 0 Å². The number of aromatic nitrogens is 2. The van der Waals surface area contributed by atoms with Crippen molar-refractivity contribution in [1.82, 2.24) is 9.97 Å². The molecule has 0 radical (unpaired) electrons. The first-order chi connectivity index (χ1) is 5.33. The third-order valence-electron chi connectivity index (χ3n) is 1.09. The number of aryl methyl sites for hydroxylation is 1. The highest BCUT2D eigenvalue weighted by Gasteiger charge is 1.93. The van der Waals surface area contributed by atoms with Crippen LogP contribution in [0.3, 0.4) is 0 Å². The van der Waals surface area contributed by atoms with Gasteiger partial charge in [0.15, 0.2) is 0 Å². The van der Waals surface area contributed by atoms with E-state index in [1.54, 1.807) is 19.2 Å². The average Bonchev–Trinajstić information content (AvgIpc) is 2.01. The first-order valence-corrected chi connectivity index (χ1v) is 3.36. The lowest BCUT2D eigenvalue weighted by Crippen LogP contribution is -2.03. The smallest absolute Gasteiger partial charge is 0.216 e. The van der Waals surface area contributed by atoms with Crippen LogP contribution in [0, 0.1) is 6.92 Å². The number of aliphatic hydroxyl groups is 1. The van der Waals surface area contributed by atoms with E-state index in [1.165, 1.54) is 0 Å². The van der Waals surface area contributed by atoms with Gasteiger partial charge in [-0.15, -0.1) is 0 Å². The van der Waals surface area contributed by atoms with Gasteiger partial charge in [-0.25, -0.2) is 4.98 Å². The maximum atomic E-state index is 8.43. The number of ether oxygens (including phenoxy) is 1. The number of aliphatic hydroxyl groups excluding tert-OH is 1. The largest absolute Gasteiger partial charge is 0.475 e. The fourth-order valence-corrected chi connectivity index (χ4v) is 0.665. The molecule has 0 bridgehead atoms. The van der Waals surface area contributed by atoms with Crippen molar-refractivity contribution in [3.8, 4) is 5.88 Å². The number of nitrogens with zero attached hydrogens (tertiary/aromatic N) is 2. The molecule has 0 saturated heterocycles. The molecule has 1 heterocycles. The van der Waals surface area contributed by atoms with Gasteiger partial charge in [0.2, 0.25) is 5.88 Å². The lowest BCUT2D eigenvalue weighted by Gasteiger charge is -2.01. The van der Waals surface area contributed by atoms with Crippen molar-refractivity contribution in [2.24, 2.45) is 0 Å². The first-order valence-electron chi connectivity index (χ1n) is 3.36. The van der Waals surface area contributed by atoms with Crippen molar-refractivity contribution < 1.29 is 9.84 Å². The molecule has 0 spiro atoms. The van der Waals surface area contributed by atoms with Crippen LogP contribution in [0.1, 0.15) is 5.82 Å². The Morgan fingerprint density at radius 2 is 2.45 bits per heavy atom. The minimum atomic E-state index is 0.00303. The minimum absolute atomic E-state index is 0.00303. The molecular formula is C7H10N2O2. The molecule has 0 amide bonds. The van der Waals surface area contributed by atoms with Crippen molar-refractivity contribution in [1.29, 1.82) is 0 Å². The van der Waals surface area contributed by atoms with Gasteiger partial charge in [0, 0.05) is 12.3 Å². The molecule has 0 atom stereocenters. The summed E-state index contributed by atoms with van der Waals surface area (Å²) in [5.41, 5.74) is 0. The lowest BCUT2D eigenvalue weighted by atomic mass is 10.6. The summed E-state index contributed by atoms with van der Waals surface area (Å²) < 4.78 is 5.03. The van der Waals surface area contributed by atoms with Crippen LogP contribution >= 0.6 is 0 Å². The molecule has 4 heteroatoms. The van der Waals surface area contributed by atoms with Crippen molar-refractivity contribution >= 4 is 0 Å². The maximum Gasteiger partial charge on any atom is 0.216 e. The second-order valence-electron chi connectivity index (χ2n) is 2.01. The summed E-state index contributed by atoms with van der Waals surface area (Å²) in [5.74, 6) is 1.17. The van der Waals surface area contributed by atoms with Crippen molar-refractivity contribution in [3.05, 3.63) is 18.1 Å². The number of hydrogen-bond donors (Lipinski definition) is 1. The summed E-state index contributed by atoms with van der Waals surface area (Å²) in [5, 5.41) is 8.43. The van der Waals surface area contributed by atoms with Gasteiger partial charge < -0.3 is 9.84 Å². The predicted octanol–water partition coefficient (Wildman–Crippen LogP) is 0.156. The van der Waals surface area contributed by atoms with Crippen LogP contribution in [-0.4, -0.2) is 28.3 Å². The molecule has 0 aliphatic heterocycles. The Labute approximate surface area is 64.9 Å². The van der Waals surface area contributed by atoms with Crippen molar-refractivity contribution in [2.45, 2.75) is 6.92 Å². The molecule has 0 aromatic carbocycles. The van der Waals surface area contributed by atoms with E-state index in [1.807, 2.05) is 0 Å². The lowest BCUT2D eigenvalue weighted by molar-refractivity contribution is 0.196. The van der Waals surface area contributed by atoms with Crippen LogP contribution in [0.15, 0.2) is 12.3 Å². The molecular weight excluding hydrogens is 144 g/mol. The molecule has 0 aliphatic carbocycles. The summed E-state index contributed by atoms with van der Waals surface area (Å²) in [6, 6.07) is 1.66. The van der Waals surface area contributed by atoms with Gasteiger partial charge in [0.1, 0.15) is 12.4 Å². The van der Waals surface area contributed by atoms with Crippen molar-refractivity contribution in [2.75, 3.05) is 13.2 Å². The molecule has 4 nitrogen and oxygen atoms in total. The van der Waals surface area contributed by atoms with E-state index < -0.39 is 0 Å². The van der Waals surface area contributed by atoms with Gasteiger partial charge in [0.25, 0.3) is 0 Å². The Morgan fingerprint density at radius 1 is 1.64 bits per heavy atom. The summed E-state index contributed by atoms with van der Waals surface area (Å²) in [4.78, 5) is 7.86. The van der Waals surface area contributed by atoms with E-state index in [9.17, 15) is 0 Å². The topological polar surface area (TPSA) is 55.2 Å². The molecule has 1 rings (SSSR count). The molecule has 1 N–H and O–H groups in total. The van der Waals surface area contributed by atoms with Crippen LogP contribution in [0.25, 0.3) is 0 Å². The van der Waals surface area contributed by atoms with Crippen LogP contribution in [0.4, 0.5) is 0 Å². The standard InChI is InChI=1S/C7H10N2O2/c1-6-8-3-2-7(9-6)11-5-4-10/h2-3,10H,4-5H2,1H3. The summed E-state index contributed by atoms with van der Waals surface area (Å²) in [6.07, 6.45) is 1.62. The SMILES string of the molecule is Cc1nccc(OCCO)n1. The van der Waals surface area contributed by atoms with Gasteiger partial charge in [-0.2, -0.15) is 4.98 Å². The fraction of sp³-hybridized carbons (Fsp3) is 0.429. The molecule has 1 aromatic rings. The fourth-order valence-electron chi connectivity index (χ4n) is 0.665. The predicted molar refractivity (Wildman–Crippen MR) is 39.3 cm³/mol. The quantitative estimate of drug-likeness (QED) is 0.673. The van der Waals surface area contributed by atoms with Crippen LogP contribution < -0.4 is 4.74 Å². The second-order valence-corrected chi connectivity index (χ2v) is 2.01. The molecule has 0 fully saturated rings. The molecule has 60 valence electrons. The Bertz CT molecular complexity index is 227. The Morgan fingerprint density at radius 3 is 3.09 bits per heavy atom. The third-order valence-corrected chi connectivity index (χ3v) is 1.09. The van der Waals surface area contributed by atoms with Gasteiger partial charge >= 0.3 is 0 Å². The van der Waals surface area contributed by atoms with E-state index in [-0.39, 0.29) is 13.2 Å². The zero-order valence-corrected chi connectivity index (χ0v) is 6.32. The highest BCUT2D eigenvalue weighted by molar-refractivity contribution is 5.07. The maximum absolute atomic E-state index is 8.43. The number of hydrogen-bond acceptors (Lipinski definition) is 4. The Hall–Kier alpha value is -1.16. The van der Waals surface area contributed by atoms with Gasteiger partial charge in [-0.3, -0.25) is 0 Å². The van der Waals surface area contributed by atoms with Gasteiger partial charge in [-0.05, 0) is 6.92 Å². The molecule has 11 heavy (non-hydrogen) atoms. The summed E-state index contributed by atoms with van der Waals surface area (Å²) in [6.45, 7) is 2.06. The van der Waals surface area contributed by atoms with Crippen LogP contribution in [-0.2, 0) is 0 Å². The zero-order chi connectivity index (χ0) is 8.10. The molecule has 0 saturated carbocycles. The zero-order valence-electron chi connectivity index (χ0n) is 6.32. The number of rotatable bonds is 3. The highest BCUT2D eigenvalue weighted by atomic mass is 16.5. The first kappa shape index (κ1) is 7.94. The van der Waals surface area contributed by atoms with Crippen LogP contribution in [0.2, 0.25) is 0 Å². The highest BCUT2D eigenvalue weighted by Crippen LogP contribution is 2.03. The van der Waals surface area contributed by atoms with E-state index in [0.29, 0.717) is 11.7 Å². The van der Waals surface area contributed by atoms with E-state index in [4.69, 9.17) is 9.84 Å². The molecule has 0 aliphatic rings. The average molecular weight is 154 g/mol. The second kappa shape index (κ2) is 3.88. The monoisotopic (exact) mass is 154 g/mol. The Balaban J connectivity index is 2.56. The minimum Gasteiger partial charge on any atom is -0.475 e. The molecule has 0 unspecified atom stereocenters. The normalized spacial score (nSPS) is 9.64. The van der Waals surface area contributed by atoms with Crippen molar-refractivity contribution in [3.63, 3.8) is 0 Å². The van der Waals surface area contributed by atoms with Gasteiger partial charge in [0.05, 0.1) is 6.61 Å². The Kier molecular flexibility index (Phi) is 2.80. The molecule has 1 aromatic heterocycles. The van der Waals surface area contributed by atoms with E-state index in [2.05, 4.69) is 9.97 Å². The summed E-state index contributed by atoms with van der Waals surface area (Å²) in [7, 11) is 0. The van der Waals surface area contributed by atoms with Gasteiger partial charge in [-0.1, -0.05) is 0 Å². The summed E-state index contributed by atoms with van der Waals surface area (Å²) >= 11 is 0. The van der Waals surface area contributed by atoms with Crippen LogP contribution in [0.5, 0.6) is 5.88 Å². The van der Waals surface area contributed by atoms with E-state index >= 15 is 0 Å². The third kappa shape index (κ3) is 2.51.